The summed E-state index contributed by atoms with van der Waals surface area (Å²) < 4.78 is 12.1. The molecule has 13 nitrogen and oxygen atoms in total. The van der Waals surface area contributed by atoms with Gasteiger partial charge < -0.3 is 34.9 Å². The van der Waals surface area contributed by atoms with Gasteiger partial charge in [-0.1, -0.05) is 0 Å². The van der Waals surface area contributed by atoms with Gasteiger partial charge in [0.15, 0.2) is 28.9 Å². The highest BCUT2D eigenvalue weighted by molar-refractivity contribution is 5.81. The molecule has 2 aromatic heterocycles. The van der Waals surface area contributed by atoms with E-state index in [0.29, 0.717) is 17.9 Å². The van der Waals surface area contributed by atoms with Gasteiger partial charge in [-0.3, -0.25) is 9.36 Å². The first-order valence-electron chi connectivity index (χ1n) is 9.77. The summed E-state index contributed by atoms with van der Waals surface area (Å²) >= 11 is 0. The van der Waals surface area contributed by atoms with Gasteiger partial charge in [-0.25, -0.2) is 15.4 Å². The number of aromatic hydroxyl groups is 1. The van der Waals surface area contributed by atoms with Crippen LogP contribution in [0.1, 0.15) is 18.7 Å². The molecular weight excluding hydrogens is 424 g/mol. The minimum atomic E-state index is -1.42. The smallest absolute Gasteiger partial charge is 0.278 e. The van der Waals surface area contributed by atoms with Gasteiger partial charge in [0.05, 0.1) is 25.8 Å². The van der Waals surface area contributed by atoms with Crippen molar-refractivity contribution in [2.45, 2.75) is 31.5 Å². The first-order chi connectivity index (χ1) is 15.4. The fourth-order valence-electron chi connectivity index (χ4n) is 3.39. The molecule has 1 aliphatic heterocycles. The molecular formula is C19H22N6O7. The number of H-pyrrole nitrogens is 1. The number of nitrogens with one attached hydrogen (secondary N) is 2. The molecule has 1 aliphatic rings. The number of ether oxygens (including phenoxy) is 2. The third kappa shape index (κ3) is 3.89. The number of benzene rings is 1. The van der Waals surface area contributed by atoms with Crippen LogP contribution < -0.4 is 15.7 Å². The van der Waals surface area contributed by atoms with Gasteiger partial charge in [0.25, 0.3) is 5.56 Å². The van der Waals surface area contributed by atoms with Crippen LogP contribution in [0.2, 0.25) is 0 Å². The third-order valence-corrected chi connectivity index (χ3v) is 4.92. The minimum Gasteiger partial charge on any atom is -0.504 e. The molecule has 3 heterocycles. The van der Waals surface area contributed by atoms with E-state index in [1.807, 2.05) is 0 Å². The second kappa shape index (κ2) is 8.92. The largest absolute Gasteiger partial charge is 0.504 e. The zero-order valence-electron chi connectivity index (χ0n) is 16.9. The van der Waals surface area contributed by atoms with Gasteiger partial charge in [0, 0.05) is 0 Å². The molecule has 4 atom stereocenters. The van der Waals surface area contributed by atoms with Crippen LogP contribution in [-0.4, -0.2) is 77.7 Å². The summed E-state index contributed by atoms with van der Waals surface area (Å²) in [7, 11) is 0. The van der Waals surface area contributed by atoms with E-state index in [4.69, 9.17) is 9.47 Å². The fourth-order valence-corrected chi connectivity index (χ4v) is 3.39. The first-order valence-corrected chi connectivity index (χ1v) is 9.77. The molecule has 32 heavy (non-hydrogen) atoms. The number of hydrogen-bond acceptors (Lipinski definition) is 11. The summed E-state index contributed by atoms with van der Waals surface area (Å²) in [5.74, 6) is 0.296. The fraction of sp³-hybridized carbons (Fsp3) is 0.368. The van der Waals surface area contributed by atoms with Crippen LogP contribution in [-0.2, 0) is 4.74 Å². The number of hydrogen-bond donors (Lipinski definition) is 6. The Bertz CT molecular complexity index is 1190. The normalized spacial score (nSPS) is 23.2. The van der Waals surface area contributed by atoms with Gasteiger partial charge in [0.2, 0.25) is 5.95 Å². The average Bonchev–Trinajstić information content (AvgIpc) is 3.28. The molecule has 0 amide bonds. The van der Waals surface area contributed by atoms with Crippen LogP contribution in [0.4, 0.5) is 5.95 Å². The van der Waals surface area contributed by atoms with E-state index in [-0.39, 0.29) is 22.9 Å². The number of anilines is 1. The van der Waals surface area contributed by atoms with E-state index in [1.165, 1.54) is 23.2 Å². The Hall–Kier alpha value is -3.52. The number of phenolic OH excluding ortho intramolecular Hbond substituents is 1. The van der Waals surface area contributed by atoms with Crippen LogP contribution in [0.5, 0.6) is 11.5 Å². The number of rotatable bonds is 7. The number of fused-ring (bicyclic) bond motifs is 1. The van der Waals surface area contributed by atoms with Gasteiger partial charge >= 0.3 is 0 Å². The quantitative estimate of drug-likeness (QED) is 0.200. The monoisotopic (exact) mass is 446 g/mol. The number of aliphatic hydroxyl groups excluding tert-OH is 3. The van der Waals surface area contributed by atoms with Crippen molar-refractivity contribution in [3.05, 3.63) is 40.4 Å². The van der Waals surface area contributed by atoms with Crippen molar-refractivity contribution >= 4 is 23.3 Å². The maximum absolute atomic E-state index is 12.2. The van der Waals surface area contributed by atoms with Crippen molar-refractivity contribution < 1.29 is 29.9 Å². The predicted octanol–water partition coefficient (Wildman–Crippen LogP) is -0.719. The molecule has 0 unspecified atom stereocenters. The number of phenols is 1. The van der Waals surface area contributed by atoms with E-state index in [9.17, 15) is 25.2 Å². The Balaban J connectivity index is 1.66. The molecule has 13 heteroatoms. The third-order valence-electron chi connectivity index (χ3n) is 4.92. The maximum atomic E-state index is 12.2. The predicted molar refractivity (Wildman–Crippen MR) is 112 cm³/mol. The van der Waals surface area contributed by atoms with Crippen LogP contribution in [0.25, 0.3) is 11.2 Å². The number of nitrogens with zero attached hydrogens (tertiary/aromatic N) is 4. The summed E-state index contributed by atoms with van der Waals surface area (Å²) in [6.07, 6.45) is -2.43. The molecule has 0 saturated carbocycles. The highest BCUT2D eigenvalue weighted by Crippen LogP contribution is 2.33. The first kappa shape index (κ1) is 21.7. The van der Waals surface area contributed by atoms with E-state index in [2.05, 4.69) is 25.5 Å². The maximum Gasteiger partial charge on any atom is 0.278 e. The van der Waals surface area contributed by atoms with Crippen molar-refractivity contribution in [2.24, 2.45) is 5.10 Å². The standard InChI is InChI=1S/C19H22N6O7/c1-2-31-11-4-3-9(5-10(11)27)6-22-24-19-23-13-16(20-8-21-17(13)30)25(19)18-15(29)14(28)12(7-26)32-18/h3-6,8,12,14-15,18,26-29H,2,7H2,1H3,(H,23,24)(H,20,21,30)/t12-,14+,15-,18-/m1/s1. The number of aromatic nitrogens is 4. The molecule has 170 valence electrons. The summed E-state index contributed by atoms with van der Waals surface area (Å²) in [5.41, 5.74) is 2.73. The Morgan fingerprint density at radius 2 is 2.19 bits per heavy atom. The van der Waals surface area contributed by atoms with E-state index >= 15 is 0 Å². The molecule has 0 bridgehead atoms. The summed E-state index contributed by atoms with van der Waals surface area (Å²) in [4.78, 5) is 22.9. The highest BCUT2D eigenvalue weighted by Gasteiger charge is 2.45. The minimum absolute atomic E-state index is 0.00504. The molecule has 1 fully saturated rings. The van der Waals surface area contributed by atoms with Crippen LogP contribution in [0, 0.1) is 0 Å². The SMILES string of the molecule is CCOc1ccc(C=NNc2nc3c(=O)[nH]cnc3n2[C@@H]2O[C@H](CO)[C@H](O)[C@H]2O)cc1O. The molecule has 0 spiro atoms. The zero-order valence-corrected chi connectivity index (χ0v) is 16.9. The van der Waals surface area contributed by atoms with Crippen molar-refractivity contribution in [2.75, 3.05) is 18.6 Å². The number of aromatic amines is 1. The number of imidazole rings is 1. The van der Waals surface area contributed by atoms with Gasteiger partial charge in [-0.15, -0.1) is 0 Å². The topological polar surface area (TPSA) is 187 Å². The van der Waals surface area contributed by atoms with Crippen LogP contribution in [0.15, 0.2) is 34.4 Å². The van der Waals surface area contributed by atoms with E-state index in [0.717, 1.165) is 0 Å². The van der Waals surface area contributed by atoms with E-state index in [1.54, 1.807) is 19.1 Å². The lowest BCUT2D eigenvalue weighted by Crippen LogP contribution is -2.33. The summed E-state index contributed by atoms with van der Waals surface area (Å²) in [5, 5.41) is 44.0. The van der Waals surface area contributed by atoms with Crippen LogP contribution in [0.3, 0.4) is 0 Å². The Morgan fingerprint density at radius 3 is 2.88 bits per heavy atom. The Labute approximate surface area is 180 Å². The van der Waals surface area contributed by atoms with E-state index < -0.39 is 36.7 Å². The highest BCUT2D eigenvalue weighted by atomic mass is 16.6. The van der Waals surface area contributed by atoms with Crippen molar-refractivity contribution in [1.82, 2.24) is 19.5 Å². The molecule has 3 aromatic rings. The summed E-state index contributed by atoms with van der Waals surface area (Å²) in [6, 6.07) is 4.73. The Morgan fingerprint density at radius 1 is 1.38 bits per heavy atom. The lowest BCUT2D eigenvalue weighted by atomic mass is 10.1. The average molecular weight is 446 g/mol. The molecule has 0 radical (unpaired) electrons. The molecule has 1 saturated heterocycles. The van der Waals surface area contributed by atoms with Crippen molar-refractivity contribution in [1.29, 1.82) is 0 Å². The molecule has 1 aromatic carbocycles. The lowest BCUT2D eigenvalue weighted by molar-refractivity contribution is -0.0501. The van der Waals surface area contributed by atoms with Gasteiger partial charge in [-0.05, 0) is 30.7 Å². The van der Waals surface area contributed by atoms with Gasteiger partial charge in [0.1, 0.15) is 18.3 Å². The summed E-state index contributed by atoms with van der Waals surface area (Å²) in [6.45, 7) is 1.70. The lowest BCUT2D eigenvalue weighted by Gasteiger charge is -2.18. The van der Waals surface area contributed by atoms with Gasteiger partial charge in [-0.2, -0.15) is 5.10 Å². The van der Waals surface area contributed by atoms with Crippen molar-refractivity contribution in [3.63, 3.8) is 0 Å². The molecule has 6 N–H and O–H groups in total. The number of hydrazone groups is 1. The van der Waals surface area contributed by atoms with Crippen LogP contribution >= 0.6 is 0 Å². The van der Waals surface area contributed by atoms with Crippen molar-refractivity contribution in [3.8, 4) is 11.5 Å². The zero-order chi connectivity index (χ0) is 22.8. The molecule has 4 rings (SSSR count). The Kier molecular flexibility index (Phi) is 6.05. The second-order valence-corrected chi connectivity index (χ2v) is 6.97. The second-order valence-electron chi connectivity index (χ2n) is 6.97. The molecule has 0 aliphatic carbocycles. The number of aliphatic hydroxyl groups is 3.